The van der Waals surface area contributed by atoms with Crippen molar-refractivity contribution in [2.75, 3.05) is 0 Å². The summed E-state index contributed by atoms with van der Waals surface area (Å²) in [5.41, 5.74) is 0.357. The minimum absolute atomic E-state index is 0.00565. The first-order valence-electron chi connectivity index (χ1n) is 9.78. The molecule has 6 heteroatoms. The molecule has 0 atom stereocenters. The lowest BCUT2D eigenvalue weighted by molar-refractivity contribution is 0.0737. The zero-order chi connectivity index (χ0) is 22.1. The monoisotopic (exact) mass is 442 g/mol. The maximum Gasteiger partial charge on any atom is 0.344 e. The Bertz CT molecular complexity index is 1530. The van der Waals surface area contributed by atoms with Crippen molar-refractivity contribution in [3.05, 3.63) is 112 Å². The summed E-state index contributed by atoms with van der Waals surface area (Å²) in [6, 6.07) is 24.4. The molecule has 4 aromatic carbocycles. The van der Waals surface area contributed by atoms with E-state index in [1.807, 2.05) is 30.3 Å². The topological polar surface area (TPSA) is 65.7 Å². The number of fused-ring (bicyclic) bond motifs is 2. The average Bonchev–Trinajstić information content (AvgIpc) is 2.82. The fraction of sp³-hybridized carbons (Fsp3) is 0. The SMILES string of the molecule is O=C(Oc1ccc2c(=O)c(Oc3ccccc3Cl)coc2c1)c1cccc2ccccc12. The molecule has 5 rings (SSSR count). The Labute approximate surface area is 187 Å². The van der Waals surface area contributed by atoms with Gasteiger partial charge in [0.25, 0.3) is 0 Å². The van der Waals surface area contributed by atoms with Crippen LogP contribution in [0.5, 0.6) is 17.2 Å². The summed E-state index contributed by atoms with van der Waals surface area (Å²) in [4.78, 5) is 25.6. The van der Waals surface area contributed by atoms with Crippen LogP contribution in [0, 0.1) is 0 Å². The van der Waals surface area contributed by atoms with Gasteiger partial charge in [-0.05, 0) is 41.1 Å². The Morgan fingerprint density at radius 3 is 2.47 bits per heavy atom. The molecule has 0 aliphatic heterocycles. The maximum absolute atomic E-state index is 12.8. The van der Waals surface area contributed by atoms with E-state index in [1.165, 1.54) is 18.4 Å². The van der Waals surface area contributed by atoms with E-state index in [0.29, 0.717) is 21.7 Å². The summed E-state index contributed by atoms with van der Waals surface area (Å²) in [5, 5.41) is 2.41. The molecule has 5 aromatic rings. The number of hydrogen-bond donors (Lipinski definition) is 0. The number of halogens is 1. The molecule has 0 saturated heterocycles. The number of ether oxygens (including phenoxy) is 2. The third-order valence-corrected chi connectivity index (χ3v) is 5.30. The molecule has 1 heterocycles. The number of hydrogen-bond acceptors (Lipinski definition) is 5. The number of benzene rings is 4. The van der Waals surface area contributed by atoms with E-state index in [4.69, 9.17) is 25.5 Å². The Morgan fingerprint density at radius 1 is 0.812 bits per heavy atom. The summed E-state index contributed by atoms with van der Waals surface area (Å²) < 4.78 is 16.7. The molecule has 0 radical (unpaired) electrons. The van der Waals surface area contributed by atoms with Gasteiger partial charge in [-0.2, -0.15) is 0 Å². The van der Waals surface area contributed by atoms with Crippen molar-refractivity contribution in [2.24, 2.45) is 0 Å². The van der Waals surface area contributed by atoms with Gasteiger partial charge < -0.3 is 13.9 Å². The Kier molecular flexibility index (Phi) is 5.09. The van der Waals surface area contributed by atoms with E-state index in [1.54, 1.807) is 42.5 Å². The van der Waals surface area contributed by atoms with Crippen LogP contribution in [0.15, 0.2) is 100 Å². The maximum atomic E-state index is 12.8. The molecular weight excluding hydrogens is 428 g/mol. The molecule has 0 aliphatic carbocycles. The number of esters is 1. The van der Waals surface area contributed by atoms with Crippen molar-refractivity contribution in [3.63, 3.8) is 0 Å². The third-order valence-electron chi connectivity index (χ3n) is 4.99. The average molecular weight is 443 g/mol. The molecule has 32 heavy (non-hydrogen) atoms. The van der Waals surface area contributed by atoms with E-state index in [9.17, 15) is 9.59 Å². The van der Waals surface area contributed by atoms with Crippen molar-refractivity contribution < 1.29 is 18.7 Å². The fourth-order valence-corrected chi connectivity index (χ4v) is 3.61. The molecule has 156 valence electrons. The van der Waals surface area contributed by atoms with Crippen molar-refractivity contribution in [1.82, 2.24) is 0 Å². The highest BCUT2D eigenvalue weighted by Gasteiger charge is 2.15. The first kappa shape index (κ1) is 19.8. The van der Waals surface area contributed by atoms with Crippen molar-refractivity contribution in [1.29, 1.82) is 0 Å². The van der Waals surface area contributed by atoms with Crippen LogP contribution in [-0.2, 0) is 0 Å². The molecule has 0 fully saturated rings. The zero-order valence-corrected chi connectivity index (χ0v) is 17.3. The molecule has 5 nitrogen and oxygen atoms in total. The molecule has 0 aliphatic rings. The van der Waals surface area contributed by atoms with Gasteiger partial charge >= 0.3 is 5.97 Å². The molecule has 1 aromatic heterocycles. The van der Waals surface area contributed by atoms with Crippen molar-refractivity contribution in [2.45, 2.75) is 0 Å². The second-order valence-corrected chi connectivity index (χ2v) is 7.44. The van der Waals surface area contributed by atoms with Crippen LogP contribution in [0.1, 0.15) is 10.4 Å². The van der Waals surface area contributed by atoms with Crippen LogP contribution in [-0.4, -0.2) is 5.97 Å². The highest BCUT2D eigenvalue weighted by Crippen LogP contribution is 2.29. The first-order valence-corrected chi connectivity index (χ1v) is 10.2. The lowest BCUT2D eigenvalue weighted by atomic mass is 10.0. The van der Waals surface area contributed by atoms with Gasteiger partial charge in [0.1, 0.15) is 23.3 Å². The van der Waals surface area contributed by atoms with Crippen molar-refractivity contribution >= 4 is 39.3 Å². The first-order chi connectivity index (χ1) is 15.6. The van der Waals surface area contributed by atoms with Crippen LogP contribution in [0.2, 0.25) is 5.02 Å². The van der Waals surface area contributed by atoms with Gasteiger partial charge in [0, 0.05) is 6.07 Å². The predicted octanol–water partition coefficient (Wildman–Crippen LogP) is 6.61. The molecule has 0 bridgehead atoms. The molecular formula is C26H15ClO5. The minimum atomic E-state index is -0.498. The van der Waals surface area contributed by atoms with Gasteiger partial charge in [0.2, 0.25) is 11.2 Å². The third kappa shape index (κ3) is 3.70. The number of carbonyl (C=O) groups is 1. The van der Waals surface area contributed by atoms with E-state index in [0.717, 1.165) is 10.8 Å². The largest absolute Gasteiger partial charge is 0.460 e. The molecule has 0 spiro atoms. The molecule has 0 N–H and O–H groups in total. The Balaban J connectivity index is 1.44. The van der Waals surface area contributed by atoms with Gasteiger partial charge in [-0.3, -0.25) is 4.79 Å². The second kappa shape index (κ2) is 8.21. The van der Waals surface area contributed by atoms with Crippen LogP contribution >= 0.6 is 11.6 Å². The van der Waals surface area contributed by atoms with E-state index < -0.39 is 5.97 Å². The molecule has 0 saturated carbocycles. The number of carbonyl (C=O) groups excluding carboxylic acids is 1. The molecule has 0 amide bonds. The standard InChI is InChI=1S/C26H15ClO5/c27-21-10-3-4-11-22(21)32-24-15-30-23-14-17(12-13-20(23)25(24)28)31-26(29)19-9-5-7-16-6-1-2-8-18(16)19/h1-15H. The number of para-hydroxylation sites is 1. The Morgan fingerprint density at radius 2 is 1.59 bits per heavy atom. The van der Waals surface area contributed by atoms with Gasteiger partial charge in [-0.1, -0.05) is 60.1 Å². The zero-order valence-electron chi connectivity index (χ0n) is 16.6. The van der Waals surface area contributed by atoms with Gasteiger partial charge in [0.05, 0.1) is 16.0 Å². The minimum Gasteiger partial charge on any atom is -0.460 e. The lowest BCUT2D eigenvalue weighted by Gasteiger charge is -2.09. The lowest BCUT2D eigenvalue weighted by Crippen LogP contribution is -2.09. The predicted molar refractivity (Wildman–Crippen MR) is 123 cm³/mol. The fourth-order valence-electron chi connectivity index (χ4n) is 3.44. The van der Waals surface area contributed by atoms with Crippen LogP contribution in [0.25, 0.3) is 21.7 Å². The van der Waals surface area contributed by atoms with Gasteiger partial charge in [-0.25, -0.2) is 4.79 Å². The Hall–Kier alpha value is -4.09. The van der Waals surface area contributed by atoms with E-state index in [-0.39, 0.29) is 22.5 Å². The molecule has 0 unspecified atom stereocenters. The second-order valence-electron chi connectivity index (χ2n) is 7.04. The summed E-state index contributed by atoms with van der Waals surface area (Å²) in [5.74, 6) is 0.119. The summed E-state index contributed by atoms with van der Waals surface area (Å²) in [7, 11) is 0. The van der Waals surface area contributed by atoms with Gasteiger partial charge in [0.15, 0.2) is 0 Å². The highest BCUT2D eigenvalue weighted by atomic mass is 35.5. The highest BCUT2D eigenvalue weighted by molar-refractivity contribution is 6.32. The van der Waals surface area contributed by atoms with Gasteiger partial charge in [-0.15, -0.1) is 0 Å². The summed E-state index contributed by atoms with van der Waals surface area (Å²) >= 11 is 6.09. The smallest absolute Gasteiger partial charge is 0.344 e. The van der Waals surface area contributed by atoms with Crippen molar-refractivity contribution in [3.8, 4) is 17.2 Å². The van der Waals surface area contributed by atoms with E-state index >= 15 is 0 Å². The number of rotatable bonds is 4. The van der Waals surface area contributed by atoms with Crippen LogP contribution < -0.4 is 14.9 Å². The normalized spacial score (nSPS) is 10.9. The van der Waals surface area contributed by atoms with Crippen LogP contribution in [0.3, 0.4) is 0 Å². The summed E-state index contributed by atoms with van der Waals surface area (Å²) in [6.45, 7) is 0. The summed E-state index contributed by atoms with van der Waals surface area (Å²) in [6.07, 6.45) is 1.21. The van der Waals surface area contributed by atoms with E-state index in [2.05, 4.69) is 0 Å². The quantitative estimate of drug-likeness (QED) is 0.231. The van der Waals surface area contributed by atoms with Crippen LogP contribution in [0.4, 0.5) is 0 Å².